The summed E-state index contributed by atoms with van der Waals surface area (Å²) < 4.78 is 25.2. The molecular formula is C21H36N4O2S. The van der Waals surface area contributed by atoms with Crippen molar-refractivity contribution < 1.29 is 8.42 Å². The van der Waals surface area contributed by atoms with Gasteiger partial charge < -0.3 is 10.6 Å². The van der Waals surface area contributed by atoms with Crippen LogP contribution in [0.1, 0.15) is 46.1 Å². The van der Waals surface area contributed by atoms with Crippen LogP contribution in [0.3, 0.4) is 0 Å². The standard InChI is InChI=1S/C21H36N4O2S/c1-6-25-14-7-8-18(25)16-24-20(22-5)23-13-15-28(26,27)19-11-9-17(10-12-19)21(2,3)4/h9-12,18H,6-8,13-16H2,1-5H3,(H2,22,23,24). The van der Waals surface area contributed by atoms with Crippen LogP contribution in [-0.4, -0.2) is 64.3 Å². The average Bonchev–Trinajstić information content (AvgIpc) is 3.11. The van der Waals surface area contributed by atoms with Crippen LogP contribution in [0.4, 0.5) is 0 Å². The number of likely N-dealkylation sites (N-methyl/N-ethyl adjacent to an activating group) is 1. The normalized spacial score (nSPS) is 19.0. The molecule has 28 heavy (non-hydrogen) atoms. The van der Waals surface area contributed by atoms with Gasteiger partial charge in [0.2, 0.25) is 0 Å². The SMILES string of the molecule is CCN1CCCC1CNC(=NC)NCCS(=O)(=O)c1ccc(C(C)(C)C)cc1. The summed E-state index contributed by atoms with van der Waals surface area (Å²) in [6, 6.07) is 7.75. The molecule has 1 saturated heterocycles. The predicted molar refractivity (Wildman–Crippen MR) is 117 cm³/mol. The minimum absolute atomic E-state index is 0.00861. The fourth-order valence-corrected chi connectivity index (χ4v) is 4.72. The third kappa shape index (κ3) is 6.21. The molecule has 6 nitrogen and oxygen atoms in total. The number of guanidine groups is 1. The van der Waals surface area contributed by atoms with E-state index in [4.69, 9.17) is 0 Å². The minimum Gasteiger partial charge on any atom is -0.355 e. The van der Waals surface area contributed by atoms with Crippen molar-refractivity contribution >= 4 is 15.8 Å². The molecular weight excluding hydrogens is 372 g/mol. The first-order valence-electron chi connectivity index (χ1n) is 10.2. The number of likely N-dealkylation sites (tertiary alicyclic amines) is 1. The highest BCUT2D eigenvalue weighted by molar-refractivity contribution is 7.91. The first-order chi connectivity index (χ1) is 13.2. The first-order valence-corrected chi connectivity index (χ1v) is 11.8. The summed E-state index contributed by atoms with van der Waals surface area (Å²) in [7, 11) is -1.61. The number of aliphatic imine (C=N–C) groups is 1. The highest BCUT2D eigenvalue weighted by Gasteiger charge is 2.23. The second-order valence-corrected chi connectivity index (χ2v) is 10.5. The van der Waals surface area contributed by atoms with Crippen molar-refractivity contribution in [2.24, 2.45) is 4.99 Å². The summed E-state index contributed by atoms with van der Waals surface area (Å²) >= 11 is 0. The van der Waals surface area contributed by atoms with Crippen LogP contribution in [-0.2, 0) is 15.3 Å². The number of benzene rings is 1. The summed E-state index contributed by atoms with van der Waals surface area (Å²) in [5.41, 5.74) is 1.14. The third-order valence-corrected chi connectivity index (χ3v) is 7.11. The molecule has 1 unspecified atom stereocenters. The van der Waals surface area contributed by atoms with Gasteiger partial charge in [-0.1, -0.05) is 39.8 Å². The van der Waals surface area contributed by atoms with Crippen molar-refractivity contribution in [3.05, 3.63) is 29.8 Å². The highest BCUT2D eigenvalue weighted by Crippen LogP contribution is 2.23. The van der Waals surface area contributed by atoms with Crippen molar-refractivity contribution in [1.29, 1.82) is 0 Å². The summed E-state index contributed by atoms with van der Waals surface area (Å²) in [6.07, 6.45) is 2.43. The lowest BCUT2D eigenvalue weighted by Crippen LogP contribution is -2.45. The Bertz CT molecular complexity index is 752. The van der Waals surface area contributed by atoms with Crippen LogP contribution in [0.25, 0.3) is 0 Å². The van der Waals surface area contributed by atoms with E-state index in [1.807, 2.05) is 12.1 Å². The molecule has 1 aliphatic heterocycles. The maximum Gasteiger partial charge on any atom is 0.191 e. The van der Waals surface area contributed by atoms with Crippen LogP contribution in [0, 0.1) is 0 Å². The molecule has 0 saturated carbocycles. The van der Waals surface area contributed by atoms with Gasteiger partial charge in [-0.25, -0.2) is 8.42 Å². The molecule has 1 aromatic rings. The van der Waals surface area contributed by atoms with Crippen LogP contribution < -0.4 is 10.6 Å². The Morgan fingerprint density at radius 1 is 1.21 bits per heavy atom. The van der Waals surface area contributed by atoms with Gasteiger partial charge in [-0.3, -0.25) is 9.89 Å². The van der Waals surface area contributed by atoms with Gasteiger partial charge in [0.25, 0.3) is 0 Å². The molecule has 7 heteroatoms. The van der Waals surface area contributed by atoms with E-state index in [-0.39, 0.29) is 11.2 Å². The van der Waals surface area contributed by atoms with Gasteiger partial charge >= 0.3 is 0 Å². The zero-order valence-electron chi connectivity index (χ0n) is 18.0. The second kappa shape index (κ2) is 9.74. The first kappa shape index (κ1) is 22.7. The van der Waals surface area contributed by atoms with Gasteiger partial charge in [-0.05, 0) is 49.0 Å². The van der Waals surface area contributed by atoms with Crippen molar-refractivity contribution in [3.8, 4) is 0 Å². The number of nitrogens with one attached hydrogen (secondary N) is 2. The topological polar surface area (TPSA) is 73.8 Å². The smallest absolute Gasteiger partial charge is 0.191 e. The maximum atomic E-state index is 12.6. The van der Waals surface area contributed by atoms with Crippen LogP contribution in [0.15, 0.2) is 34.2 Å². The van der Waals surface area contributed by atoms with E-state index < -0.39 is 9.84 Å². The number of rotatable bonds is 7. The summed E-state index contributed by atoms with van der Waals surface area (Å²) in [6.45, 7) is 11.9. The third-order valence-electron chi connectivity index (χ3n) is 5.38. The molecule has 1 fully saturated rings. The van der Waals surface area contributed by atoms with E-state index >= 15 is 0 Å². The van der Waals surface area contributed by atoms with E-state index in [2.05, 4.69) is 48.2 Å². The van der Waals surface area contributed by atoms with Gasteiger partial charge in [0.05, 0.1) is 10.6 Å². The summed E-state index contributed by atoms with van der Waals surface area (Å²) in [4.78, 5) is 7.05. The zero-order chi connectivity index (χ0) is 20.8. The summed E-state index contributed by atoms with van der Waals surface area (Å²) in [5.74, 6) is 0.689. The van der Waals surface area contributed by atoms with E-state index in [0.29, 0.717) is 23.4 Å². The zero-order valence-corrected chi connectivity index (χ0v) is 18.8. The summed E-state index contributed by atoms with van der Waals surface area (Å²) in [5, 5.41) is 6.46. The van der Waals surface area contributed by atoms with Gasteiger partial charge in [0, 0.05) is 26.2 Å². The second-order valence-electron chi connectivity index (χ2n) is 8.40. The molecule has 2 N–H and O–H groups in total. The van der Waals surface area contributed by atoms with E-state index in [1.54, 1.807) is 19.2 Å². The molecule has 1 heterocycles. The van der Waals surface area contributed by atoms with Crippen molar-refractivity contribution in [1.82, 2.24) is 15.5 Å². The van der Waals surface area contributed by atoms with Crippen LogP contribution >= 0.6 is 0 Å². The molecule has 1 aliphatic rings. The van der Waals surface area contributed by atoms with E-state index in [0.717, 1.165) is 25.2 Å². The Morgan fingerprint density at radius 3 is 2.46 bits per heavy atom. The molecule has 0 spiro atoms. The average molecular weight is 409 g/mol. The molecule has 1 atom stereocenters. The Morgan fingerprint density at radius 2 is 1.89 bits per heavy atom. The largest absolute Gasteiger partial charge is 0.355 e. The van der Waals surface area contributed by atoms with Gasteiger partial charge in [-0.2, -0.15) is 0 Å². The minimum atomic E-state index is -3.32. The molecule has 0 aliphatic carbocycles. The maximum absolute atomic E-state index is 12.6. The van der Waals surface area contributed by atoms with E-state index in [1.165, 1.54) is 12.8 Å². The molecule has 2 rings (SSSR count). The van der Waals surface area contributed by atoms with Crippen LogP contribution in [0.5, 0.6) is 0 Å². The number of hydrogen-bond donors (Lipinski definition) is 2. The predicted octanol–water partition coefficient (Wildman–Crippen LogP) is 2.41. The van der Waals surface area contributed by atoms with Gasteiger partial charge in [0.1, 0.15) is 0 Å². The number of hydrogen-bond acceptors (Lipinski definition) is 4. The lowest BCUT2D eigenvalue weighted by molar-refractivity contribution is 0.267. The number of sulfone groups is 1. The highest BCUT2D eigenvalue weighted by atomic mass is 32.2. The Balaban J connectivity index is 1.84. The molecule has 1 aromatic carbocycles. The number of nitrogens with zero attached hydrogens (tertiary/aromatic N) is 2. The monoisotopic (exact) mass is 408 g/mol. The van der Waals surface area contributed by atoms with Crippen molar-refractivity contribution in [2.45, 2.75) is 56.9 Å². The van der Waals surface area contributed by atoms with Crippen LogP contribution in [0.2, 0.25) is 0 Å². The molecule has 0 bridgehead atoms. The quantitative estimate of drug-likeness (QED) is 0.535. The lowest BCUT2D eigenvalue weighted by atomic mass is 9.87. The molecule has 158 valence electrons. The Hall–Kier alpha value is -1.60. The lowest BCUT2D eigenvalue weighted by Gasteiger charge is -2.24. The van der Waals surface area contributed by atoms with Gasteiger partial charge in [0.15, 0.2) is 15.8 Å². The van der Waals surface area contributed by atoms with E-state index in [9.17, 15) is 8.42 Å². The van der Waals surface area contributed by atoms with Crippen molar-refractivity contribution in [2.75, 3.05) is 39.0 Å². The van der Waals surface area contributed by atoms with Crippen molar-refractivity contribution in [3.63, 3.8) is 0 Å². The van der Waals surface area contributed by atoms with Gasteiger partial charge in [-0.15, -0.1) is 0 Å². The Labute approximate surface area is 170 Å². The molecule has 0 radical (unpaired) electrons. The fourth-order valence-electron chi connectivity index (χ4n) is 3.56. The molecule has 0 amide bonds. The molecule has 0 aromatic heterocycles. The Kier molecular flexibility index (Phi) is 7.89. The fraction of sp³-hybridized carbons (Fsp3) is 0.667.